The third-order valence-electron chi connectivity index (χ3n) is 3.59. The molecule has 0 saturated carbocycles. The number of hydrogen-bond acceptors (Lipinski definition) is 1. The molecule has 1 aliphatic heterocycles. The first-order valence-corrected chi connectivity index (χ1v) is 7.49. The number of rotatable bonds is 1. The molecule has 1 heterocycles. The van der Waals surface area contributed by atoms with Crippen molar-refractivity contribution < 1.29 is 13.5 Å². The maximum Gasteiger partial charge on any atom is 0.400 e. The molecule has 20 heavy (non-hydrogen) atoms. The molecule has 0 aliphatic carbocycles. The molecule has 3 rings (SSSR count). The van der Waals surface area contributed by atoms with E-state index in [1.807, 2.05) is 36.4 Å². The lowest BCUT2D eigenvalue weighted by atomic mass is 9.94. The minimum atomic E-state index is -3.09. The van der Waals surface area contributed by atoms with E-state index in [1.165, 1.54) is 6.92 Å². The summed E-state index contributed by atoms with van der Waals surface area (Å²) in [6.45, 7) is 1.51. The Morgan fingerprint density at radius 1 is 1.10 bits per heavy atom. The molecule has 1 aliphatic rings. The molecule has 0 radical (unpaired) electrons. The van der Waals surface area contributed by atoms with Crippen LogP contribution in [0.15, 0.2) is 42.5 Å². The van der Waals surface area contributed by atoms with Gasteiger partial charge in [0.1, 0.15) is 5.75 Å². The third-order valence-corrected chi connectivity index (χ3v) is 4.31. The standard InChI is InChI=1S/C16H13F2IO/c1-10-8-13-3-2-12(9-15(13)20-16(10,17)18)11-4-6-14(19)7-5-11/h2-7,9-10H,8H2,1H3. The molecule has 0 amide bonds. The van der Waals surface area contributed by atoms with E-state index in [0.717, 1.165) is 20.3 Å². The summed E-state index contributed by atoms with van der Waals surface area (Å²) in [7, 11) is 0. The first kappa shape index (κ1) is 13.8. The number of ether oxygens (including phenoxy) is 1. The summed E-state index contributed by atoms with van der Waals surface area (Å²) >= 11 is 2.23. The molecular weight excluding hydrogens is 373 g/mol. The average Bonchev–Trinajstić information content (AvgIpc) is 2.40. The van der Waals surface area contributed by atoms with Crippen molar-refractivity contribution in [2.75, 3.05) is 0 Å². The normalized spacial score (nSPS) is 20.1. The Morgan fingerprint density at radius 3 is 2.45 bits per heavy atom. The van der Waals surface area contributed by atoms with Gasteiger partial charge in [-0.25, -0.2) is 0 Å². The summed E-state index contributed by atoms with van der Waals surface area (Å²) in [6.07, 6.45) is -2.74. The molecule has 0 saturated heterocycles. The summed E-state index contributed by atoms with van der Waals surface area (Å²) in [4.78, 5) is 0. The first-order chi connectivity index (χ1) is 9.45. The van der Waals surface area contributed by atoms with Crippen LogP contribution in [0.1, 0.15) is 12.5 Å². The minimum absolute atomic E-state index is 0.296. The molecule has 4 heteroatoms. The molecule has 2 aromatic carbocycles. The van der Waals surface area contributed by atoms with Crippen LogP contribution in [0.2, 0.25) is 0 Å². The van der Waals surface area contributed by atoms with Crippen LogP contribution in [0, 0.1) is 9.49 Å². The summed E-state index contributed by atoms with van der Waals surface area (Å²) in [6, 6.07) is 13.5. The van der Waals surface area contributed by atoms with Crippen molar-refractivity contribution in [1.82, 2.24) is 0 Å². The number of alkyl halides is 2. The monoisotopic (exact) mass is 386 g/mol. The predicted octanol–water partition coefficient (Wildman–Crippen LogP) is 5.12. The van der Waals surface area contributed by atoms with E-state index >= 15 is 0 Å². The molecule has 0 aromatic heterocycles. The van der Waals surface area contributed by atoms with E-state index in [0.29, 0.717) is 12.2 Å². The number of hydrogen-bond donors (Lipinski definition) is 0. The Labute approximate surface area is 130 Å². The molecule has 1 unspecified atom stereocenters. The second-order valence-electron chi connectivity index (χ2n) is 5.10. The predicted molar refractivity (Wildman–Crippen MR) is 83.0 cm³/mol. The Hall–Kier alpha value is -1.17. The fraction of sp³-hybridized carbons (Fsp3) is 0.250. The van der Waals surface area contributed by atoms with Gasteiger partial charge in [-0.3, -0.25) is 0 Å². The van der Waals surface area contributed by atoms with E-state index < -0.39 is 12.0 Å². The second kappa shape index (κ2) is 4.98. The van der Waals surface area contributed by atoms with Crippen LogP contribution < -0.4 is 4.74 Å². The van der Waals surface area contributed by atoms with Crippen LogP contribution in [0.3, 0.4) is 0 Å². The highest BCUT2D eigenvalue weighted by atomic mass is 127. The molecule has 0 N–H and O–H groups in total. The van der Waals surface area contributed by atoms with E-state index in [1.54, 1.807) is 6.07 Å². The summed E-state index contributed by atoms with van der Waals surface area (Å²) in [5, 5.41) is 0. The zero-order valence-electron chi connectivity index (χ0n) is 10.9. The topological polar surface area (TPSA) is 9.23 Å². The van der Waals surface area contributed by atoms with Crippen molar-refractivity contribution in [2.45, 2.75) is 19.5 Å². The molecule has 1 atom stereocenters. The van der Waals surface area contributed by atoms with Gasteiger partial charge >= 0.3 is 6.11 Å². The van der Waals surface area contributed by atoms with Crippen molar-refractivity contribution in [2.24, 2.45) is 5.92 Å². The highest BCUT2D eigenvalue weighted by Crippen LogP contribution is 2.40. The molecule has 1 nitrogen and oxygen atoms in total. The maximum atomic E-state index is 13.6. The van der Waals surface area contributed by atoms with Gasteiger partial charge < -0.3 is 4.74 Å². The smallest absolute Gasteiger partial charge is 0.400 e. The highest BCUT2D eigenvalue weighted by Gasteiger charge is 2.43. The van der Waals surface area contributed by atoms with Crippen LogP contribution in [0.25, 0.3) is 11.1 Å². The summed E-state index contributed by atoms with van der Waals surface area (Å²) in [5.41, 5.74) is 2.74. The molecular formula is C16H13F2IO. The van der Waals surface area contributed by atoms with Crippen molar-refractivity contribution in [3.8, 4) is 16.9 Å². The van der Waals surface area contributed by atoms with E-state index in [2.05, 4.69) is 22.6 Å². The largest absolute Gasteiger partial charge is 0.432 e. The molecule has 0 bridgehead atoms. The molecule has 2 aromatic rings. The maximum absolute atomic E-state index is 13.6. The van der Waals surface area contributed by atoms with Crippen LogP contribution in [0.4, 0.5) is 8.78 Å². The Balaban J connectivity index is 1.99. The van der Waals surface area contributed by atoms with E-state index in [-0.39, 0.29) is 0 Å². The minimum Gasteiger partial charge on any atom is -0.432 e. The molecule has 104 valence electrons. The average molecular weight is 386 g/mol. The van der Waals surface area contributed by atoms with Crippen LogP contribution in [0.5, 0.6) is 5.75 Å². The third kappa shape index (κ3) is 2.53. The van der Waals surface area contributed by atoms with Crippen molar-refractivity contribution >= 4 is 22.6 Å². The van der Waals surface area contributed by atoms with Gasteiger partial charge in [0, 0.05) is 3.57 Å². The van der Waals surface area contributed by atoms with Gasteiger partial charge in [0.15, 0.2) is 0 Å². The number of benzene rings is 2. The fourth-order valence-corrected chi connectivity index (χ4v) is 2.70. The van der Waals surface area contributed by atoms with Crippen LogP contribution in [-0.2, 0) is 6.42 Å². The summed E-state index contributed by atoms with van der Waals surface area (Å²) in [5.74, 6) is -0.497. The lowest BCUT2D eigenvalue weighted by molar-refractivity contribution is -0.218. The quantitative estimate of drug-likeness (QED) is 0.618. The van der Waals surface area contributed by atoms with Gasteiger partial charge in [-0.05, 0) is 63.9 Å². The second-order valence-corrected chi connectivity index (χ2v) is 6.34. The Bertz CT molecular complexity index is 637. The van der Waals surface area contributed by atoms with E-state index in [9.17, 15) is 8.78 Å². The lowest BCUT2D eigenvalue weighted by Gasteiger charge is -2.30. The van der Waals surface area contributed by atoms with Crippen molar-refractivity contribution in [1.29, 1.82) is 0 Å². The zero-order valence-corrected chi connectivity index (χ0v) is 13.0. The lowest BCUT2D eigenvalue weighted by Crippen LogP contribution is -2.37. The van der Waals surface area contributed by atoms with Crippen LogP contribution in [-0.4, -0.2) is 6.11 Å². The molecule has 0 fully saturated rings. The van der Waals surface area contributed by atoms with E-state index in [4.69, 9.17) is 4.74 Å². The SMILES string of the molecule is CC1Cc2ccc(-c3ccc(I)cc3)cc2OC1(F)F. The Kier molecular flexibility index (Phi) is 3.44. The van der Waals surface area contributed by atoms with Crippen molar-refractivity contribution in [3.63, 3.8) is 0 Å². The van der Waals surface area contributed by atoms with Gasteiger partial charge in [-0.15, -0.1) is 0 Å². The van der Waals surface area contributed by atoms with Crippen LogP contribution >= 0.6 is 22.6 Å². The number of halogens is 3. The zero-order chi connectivity index (χ0) is 14.3. The highest BCUT2D eigenvalue weighted by molar-refractivity contribution is 14.1. The van der Waals surface area contributed by atoms with Gasteiger partial charge in [0.2, 0.25) is 0 Å². The van der Waals surface area contributed by atoms with Gasteiger partial charge in [0.05, 0.1) is 5.92 Å². The summed E-state index contributed by atoms with van der Waals surface area (Å²) < 4.78 is 33.3. The number of fused-ring (bicyclic) bond motifs is 1. The van der Waals surface area contributed by atoms with Gasteiger partial charge in [0.25, 0.3) is 0 Å². The molecule has 0 spiro atoms. The van der Waals surface area contributed by atoms with Gasteiger partial charge in [-0.2, -0.15) is 8.78 Å². The fourth-order valence-electron chi connectivity index (χ4n) is 2.34. The van der Waals surface area contributed by atoms with Gasteiger partial charge in [-0.1, -0.05) is 31.2 Å². The first-order valence-electron chi connectivity index (χ1n) is 6.41. The Morgan fingerprint density at radius 2 is 1.75 bits per heavy atom. The van der Waals surface area contributed by atoms with Crippen molar-refractivity contribution in [3.05, 3.63) is 51.6 Å².